The Morgan fingerprint density at radius 2 is 1.75 bits per heavy atom. The Morgan fingerprint density at radius 1 is 1.12 bits per heavy atom. The van der Waals surface area contributed by atoms with Gasteiger partial charge in [0.05, 0.1) is 0 Å². The Balaban J connectivity index is 1.97. The molecule has 2 heterocycles. The number of aryl methyl sites for hydroxylation is 1. The molecule has 2 atom stereocenters. The number of rotatable bonds is 2. The van der Waals surface area contributed by atoms with Crippen molar-refractivity contribution < 1.29 is 9.31 Å². The molecule has 128 valence electrons. The molecule has 0 amide bonds. The molecule has 1 saturated heterocycles. The van der Waals surface area contributed by atoms with E-state index in [2.05, 4.69) is 75.7 Å². The van der Waals surface area contributed by atoms with Crippen LogP contribution in [0.3, 0.4) is 0 Å². The predicted molar refractivity (Wildman–Crippen MR) is 104 cm³/mol. The summed E-state index contributed by atoms with van der Waals surface area (Å²) in [5.74, 6) is 0. The van der Waals surface area contributed by atoms with E-state index in [1.54, 1.807) is 0 Å². The summed E-state index contributed by atoms with van der Waals surface area (Å²) >= 11 is 1.53. The second-order valence-corrected chi connectivity index (χ2v) is 8.71. The molecule has 6 heteroatoms. The van der Waals surface area contributed by atoms with Gasteiger partial charge in [-0.15, -0.1) is 0 Å². The molecule has 2 aliphatic heterocycles. The zero-order valence-electron chi connectivity index (χ0n) is 15.3. The number of anilines is 1. The van der Waals surface area contributed by atoms with E-state index < -0.39 is 0 Å². The molecule has 24 heavy (non-hydrogen) atoms. The van der Waals surface area contributed by atoms with Crippen molar-refractivity contribution in [1.29, 1.82) is 0 Å². The fourth-order valence-electron chi connectivity index (χ4n) is 3.01. The molecule has 4 nitrogen and oxygen atoms in total. The second-order valence-electron chi connectivity index (χ2n) is 7.63. The number of amidine groups is 1. The van der Waals surface area contributed by atoms with Gasteiger partial charge in [0, 0.05) is 0 Å². The van der Waals surface area contributed by atoms with Crippen LogP contribution in [0.5, 0.6) is 0 Å². The maximum absolute atomic E-state index is 6.22. The van der Waals surface area contributed by atoms with Crippen LogP contribution in [0.25, 0.3) is 0 Å². The first-order valence-electron chi connectivity index (χ1n) is 8.37. The van der Waals surface area contributed by atoms with Crippen molar-refractivity contribution in [1.82, 2.24) is 0 Å². The molecule has 0 N–H and O–H groups in total. The number of hydrogen-bond acceptors (Lipinski definition) is 4. The van der Waals surface area contributed by atoms with Gasteiger partial charge in [-0.2, -0.15) is 0 Å². The molecule has 2 unspecified atom stereocenters. The zero-order chi connectivity index (χ0) is 17.7. The van der Waals surface area contributed by atoms with Crippen LogP contribution in [0.4, 0.5) is 5.69 Å². The van der Waals surface area contributed by atoms with E-state index in [9.17, 15) is 0 Å². The first-order chi connectivity index (χ1) is 11.1. The monoisotopic (exact) mass is 388 g/mol. The molecule has 0 saturated carbocycles. The van der Waals surface area contributed by atoms with Gasteiger partial charge >= 0.3 is 154 Å². The van der Waals surface area contributed by atoms with Crippen LogP contribution < -0.4 is 10.4 Å². The van der Waals surface area contributed by atoms with E-state index in [4.69, 9.17) is 9.31 Å². The van der Waals surface area contributed by atoms with Crippen molar-refractivity contribution in [3.8, 4) is 0 Å². The van der Waals surface area contributed by atoms with Gasteiger partial charge in [-0.1, -0.05) is 0 Å². The van der Waals surface area contributed by atoms with E-state index in [1.165, 1.54) is 22.4 Å². The Kier molecular flexibility index (Phi) is 4.48. The summed E-state index contributed by atoms with van der Waals surface area (Å²) in [7, 11) is -0.341. The van der Waals surface area contributed by atoms with Crippen molar-refractivity contribution in [2.45, 2.75) is 58.8 Å². The van der Waals surface area contributed by atoms with Crippen molar-refractivity contribution in [2.75, 3.05) is 4.90 Å². The minimum absolute atomic E-state index is 0.289. The van der Waals surface area contributed by atoms with Gasteiger partial charge in [-0.25, -0.2) is 0 Å². The second kappa shape index (κ2) is 6.05. The van der Waals surface area contributed by atoms with Gasteiger partial charge in [-0.05, 0) is 0 Å². The van der Waals surface area contributed by atoms with Gasteiger partial charge in [0.2, 0.25) is 0 Å². The Morgan fingerprint density at radius 3 is 2.33 bits per heavy atom. The third-order valence-electron chi connectivity index (χ3n) is 5.11. The van der Waals surface area contributed by atoms with Crippen LogP contribution in [0.2, 0.25) is 0 Å². The summed E-state index contributed by atoms with van der Waals surface area (Å²) < 4.78 is 13.5. The molecule has 2 aliphatic rings. The first-order valence-corrected chi connectivity index (χ1v) is 9.58. The number of aliphatic imine (C=N–C) groups is 1. The summed E-state index contributed by atoms with van der Waals surface area (Å²) in [5.41, 5.74) is 2.73. The van der Waals surface area contributed by atoms with Gasteiger partial charge in [0.25, 0.3) is 0 Å². The van der Waals surface area contributed by atoms with Crippen molar-refractivity contribution in [2.24, 2.45) is 4.99 Å². The quantitative estimate of drug-likeness (QED) is 0.728. The van der Waals surface area contributed by atoms with Crippen molar-refractivity contribution >= 4 is 39.7 Å². The fourth-order valence-corrected chi connectivity index (χ4v) is 4.00. The molecule has 0 spiro atoms. The summed E-state index contributed by atoms with van der Waals surface area (Å²) in [6, 6.07) is 6.80. The van der Waals surface area contributed by atoms with Gasteiger partial charge in [0.1, 0.15) is 0 Å². The van der Waals surface area contributed by atoms with Crippen LogP contribution in [0.1, 0.15) is 40.2 Å². The molecular formula is C18H26AsBN2O2. The molecule has 0 aliphatic carbocycles. The standard InChI is InChI=1S/C18H26AsBN2O2/c1-12-9-14(20-23-17(3,4)18(5,6)24-20)11-15(10-12)22-13(2)7-8-21-16(22)19/h7-11,13H,19H2,1-6H3. The Hall–Kier alpha value is -1.03. The normalized spacial score (nSPS) is 25.1. The average Bonchev–Trinajstić information content (AvgIpc) is 2.67. The molecule has 0 bridgehead atoms. The molecule has 1 aromatic rings. The predicted octanol–water partition coefficient (Wildman–Crippen LogP) is 2.01. The molecule has 0 aromatic heterocycles. The molecule has 3 rings (SSSR count). The molecule has 1 aromatic carbocycles. The van der Waals surface area contributed by atoms with Crippen molar-refractivity contribution in [3.05, 3.63) is 36.0 Å². The van der Waals surface area contributed by atoms with E-state index in [0.29, 0.717) is 0 Å². The summed E-state index contributed by atoms with van der Waals surface area (Å²) in [5, 5.41) is 0. The molecule has 1 fully saturated rings. The maximum atomic E-state index is 6.22. The SMILES string of the molecule is Cc1cc(B2OC(C)(C)C(C)(C)O2)cc(N2C([AsH2])=NC=CC2C)c1. The Labute approximate surface area is 154 Å². The fraction of sp³-hybridized carbons (Fsp3) is 0.500. The summed E-state index contributed by atoms with van der Waals surface area (Å²) in [6.07, 6.45) is 4.00. The van der Waals surface area contributed by atoms with Gasteiger partial charge in [-0.3, -0.25) is 0 Å². The zero-order valence-corrected chi connectivity index (χ0v) is 17.8. The van der Waals surface area contributed by atoms with E-state index in [1.807, 2.05) is 6.20 Å². The van der Waals surface area contributed by atoms with Crippen molar-refractivity contribution in [3.63, 3.8) is 0 Å². The number of benzene rings is 1. The Bertz CT molecular complexity index is 699. The number of nitrogens with zero attached hydrogens (tertiary/aromatic N) is 2. The van der Waals surface area contributed by atoms with Crippen LogP contribution in [-0.2, 0) is 9.31 Å². The van der Waals surface area contributed by atoms with E-state index in [-0.39, 0.29) is 24.4 Å². The summed E-state index contributed by atoms with van der Waals surface area (Å²) in [4.78, 5) is 6.73. The van der Waals surface area contributed by atoms with E-state index in [0.717, 1.165) is 15.8 Å². The minimum atomic E-state index is -0.341. The topological polar surface area (TPSA) is 34.1 Å². The first kappa shape index (κ1) is 17.8. The average molecular weight is 388 g/mol. The third kappa shape index (κ3) is 3.10. The third-order valence-corrected chi connectivity index (χ3v) is 6.01. The van der Waals surface area contributed by atoms with Gasteiger partial charge in [0.15, 0.2) is 0 Å². The molecular weight excluding hydrogens is 362 g/mol. The van der Waals surface area contributed by atoms with Crippen LogP contribution in [0, 0.1) is 6.92 Å². The van der Waals surface area contributed by atoms with Crippen LogP contribution in [-0.4, -0.2) is 45.8 Å². The van der Waals surface area contributed by atoms with Crippen LogP contribution >= 0.6 is 0 Å². The summed E-state index contributed by atoms with van der Waals surface area (Å²) in [6.45, 7) is 12.6. The van der Waals surface area contributed by atoms with Gasteiger partial charge < -0.3 is 0 Å². The molecule has 0 radical (unpaired) electrons. The number of hydrogen-bond donors (Lipinski definition) is 0. The van der Waals surface area contributed by atoms with Crippen LogP contribution in [0.15, 0.2) is 35.5 Å². The van der Waals surface area contributed by atoms with E-state index >= 15 is 0 Å².